The van der Waals surface area contributed by atoms with E-state index in [1.807, 2.05) is 37.4 Å². The monoisotopic (exact) mass is 371 g/mol. The standard InChI is InChI=1S/C20H29N5O2/c1-14-12-25(13-15(2)27-14)19-9-5-4-8-18(19)23-20(26)21-10-6-7-17-11-22-24-16(17)3/h4-5,8-9,11,14-15H,6-7,10,12-13H2,1-3H3,(H,22,24)(H2,21,23,26)/t14-,15-/m1/s1. The summed E-state index contributed by atoms with van der Waals surface area (Å²) in [6.07, 6.45) is 3.94. The molecular formula is C20H29N5O2. The van der Waals surface area contributed by atoms with Crippen LogP contribution in [0.5, 0.6) is 0 Å². The van der Waals surface area contributed by atoms with Gasteiger partial charge in [0.25, 0.3) is 0 Å². The summed E-state index contributed by atoms with van der Waals surface area (Å²) < 4.78 is 5.82. The van der Waals surface area contributed by atoms with Crippen molar-refractivity contribution in [3.8, 4) is 0 Å². The van der Waals surface area contributed by atoms with E-state index < -0.39 is 0 Å². The van der Waals surface area contributed by atoms with Gasteiger partial charge in [-0.05, 0) is 51.3 Å². The van der Waals surface area contributed by atoms with Gasteiger partial charge in [-0.3, -0.25) is 5.10 Å². The summed E-state index contributed by atoms with van der Waals surface area (Å²) in [7, 11) is 0. The molecule has 0 radical (unpaired) electrons. The number of aryl methyl sites for hydroxylation is 2. The second-order valence-electron chi connectivity index (χ2n) is 7.18. The van der Waals surface area contributed by atoms with Gasteiger partial charge in [-0.15, -0.1) is 0 Å². The van der Waals surface area contributed by atoms with Gasteiger partial charge in [0.2, 0.25) is 0 Å². The molecular weight excluding hydrogens is 342 g/mol. The third kappa shape index (κ3) is 5.23. The molecule has 3 N–H and O–H groups in total. The van der Waals surface area contributed by atoms with E-state index in [1.54, 1.807) is 0 Å². The Morgan fingerprint density at radius 2 is 2.04 bits per heavy atom. The number of H-pyrrole nitrogens is 1. The van der Waals surface area contributed by atoms with Crippen molar-refractivity contribution in [1.82, 2.24) is 15.5 Å². The molecule has 1 aliphatic heterocycles. The molecule has 2 amide bonds. The number of amides is 2. The van der Waals surface area contributed by atoms with Crippen molar-refractivity contribution in [2.75, 3.05) is 29.9 Å². The van der Waals surface area contributed by atoms with Crippen molar-refractivity contribution in [2.45, 2.75) is 45.8 Å². The molecule has 2 aromatic rings. The lowest BCUT2D eigenvalue weighted by atomic mass is 10.1. The van der Waals surface area contributed by atoms with Crippen LogP contribution < -0.4 is 15.5 Å². The molecule has 0 bridgehead atoms. The topological polar surface area (TPSA) is 82.3 Å². The Morgan fingerprint density at radius 3 is 2.74 bits per heavy atom. The number of ether oxygens (including phenoxy) is 1. The van der Waals surface area contributed by atoms with Crippen molar-refractivity contribution < 1.29 is 9.53 Å². The third-order valence-electron chi connectivity index (χ3n) is 4.76. The van der Waals surface area contributed by atoms with E-state index in [9.17, 15) is 4.79 Å². The first kappa shape index (κ1) is 19.2. The molecule has 1 fully saturated rings. The molecule has 0 saturated carbocycles. The summed E-state index contributed by atoms with van der Waals surface area (Å²) in [5.74, 6) is 0. The number of rotatable bonds is 6. The SMILES string of the molecule is Cc1[nH]ncc1CCCNC(=O)Nc1ccccc1N1C[C@@H](C)O[C@H](C)C1. The fourth-order valence-corrected chi connectivity index (χ4v) is 3.50. The van der Waals surface area contributed by atoms with Gasteiger partial charge in [0.15, 0.2) is 0 Å². The van der Waals surface area contributed by atoms with E-state index in [2.05, 4.69) is 39.6 Å². The normalized spacial score (nSPS) is 19.7. The van der Waals surface area contributed by atoms with Crippen LogP contribution in [0.15, 0.2) is 30.5 Å². The second-order valence-corrected chi connectivity index (χ2v) is 7.18. The maximum atomic E-state index is 12.3. The number of hydrogen-bond donors (Lipinski definition) is 3. The highest BCUT2D eigenvalue weighted by Gasteiger charge is 2.24. The second kappa shape index (κ2) is 8.90. The lowest BCUT2D eigenvalue weighted by Crippen LogP contribution is -2.45. The number of nitrogens with one attached hydrogen (secondary N) is 3. The molecule has 0 unspecified atom stereocenters. The van der Waals surface area contributed by atoms with Crippen molar-refractivity contribution >= 4 is 17.4 Å². The number of benzene rings is 1. The Balaban J connectivity index is 1.52. The summed E-state index contributed by atoms with van der Waals surface area (Å²) in [6.45, 7) is 8.40. The maximum absolute atomic E-state index is 12.3. The van der Waals surface area contributed by atoms with Gasteiger partial charge < -0.3 is 20.3 Å². The molecule has 2 atom stereocenters. The molecule has 1 aromatic carbocycles. The third-order valence-corrected chi connectivity index (χ3v) is 4.76. The molecule has 2 heterocycles. The Kier molecular flexibility index (Phi) is 6.34. The van der Waals surface area contributed by atoms with Gasteiger partial charge in [0.05, 0.1) is 29.8 Å². The molecule has 7 heteroatoms. The Hall–Kier alpha value is -2.54. The van der Waals surface area contributed by atoms with Crippen LogP contribution in [0.3, 0.4) is 0 Å². The molecule has 3 rings (SSSR count). The molecule has 1 saturated heterocycles. The fraction of sp³-hybridized carbons (Fsp3) is 0.500. The number of carbonyl (C=O) groups excluding carboxylic acids is 1. The van der Waals surface area contributed by atoms with Crippen LogP contribution >= 0.6 is 0 Å². The highest BCUT2D eigenvalue weighted by Crippen LogP contribution is 2.28. The summed E-state index contributed by atoms with van der Waals surface area (Å²) in [5.41, 5.74) is 4.13. The van der Waals surface area contributed by atoms with E-state index >= 15 is 0 Å². The van der Waals surface area contributed by atoms with Crippen molar-refractivity contribution in [3.63, 3.8) is 0 Å². The molecule has 0 aliphatic carbocycles. The number of aromatic nitrogens is 2. The van der Waals surface area contributed by atoms with E-state index in [0.717, 1.165) is 43.0 Å². The molecule has 0 spiro atoms. The fourth-order valence-electron chi connectivity index (χ4n) is 3.50. The number of para-hydroxylation sites is 2. The summed E-state index contributed by atoms with van der Waals surface area (Å²) in [5, 5.41) is 12.9. The zero-order valence-electron chi connectivity index (χ0n) is 16.3. The van der Waals surface area contributed by atoms with Gasteiger partial charge >= 0.3 is 6.03 Å². The molecule has 27 heavy (non-hydrogen) atoms. The highest BCUT2D eigenvalue weighted by molar-refractivity contribution is 5.93. The zero-order valence-corrected chi connectivity index (χ0v) is 16.3. The lowest BCUT2D eigenvalue weighted by Gasteiger charge is -2.37. The highest BCUT2D eigenvalue weighted by atomic mass is 16.5. The number of carbonyl (C=O) groups is 1. The van der Waals surface area contributed by atoms with Gasteiger partial charge in [-0.25, -0.2) is 4.79 Å². The first-order chi connectivity index (χ1) is 13.0. The molecule has 1 aliphatic rings. The van der Waals surface area contributed by atoms with Crippen LogP contribution in [-0.4, -0.2) is 48.1 Å². The van der Waals surface area contributed by atoms with E-state index in [0.29, 0.717) is 6.54 Å². The van der Waals surface area contributed by atoms with Crippen molar-refractivity contribution in [1.29, 1.82) is 0 Å². The average molecular weight is 371 g/mol. The summed E-state index contributed by atoms with van der Waals surface area (Å²) in [4.78, 5) is 14.6. The van der Waals surface area contributed by atoms with Crippen LogP contribution in [0.4, 0.5) is 16.2 Å². The number of anilines is 2. The van der Waals surface area contributed by atoms with Crippen molar-refractivity contribution in [3.05, 3.63) is 41.7 Å². The quantitative estimate of drug-likeness (QED) is 0.682. The summed E-state index contributed by atoms with van der Waals surface area (Å²) in [6, 6.07) is 7.74. The molecule has 146 valence electrons. The van der Waals surface area contributed by atoms with E-state index in [4.69, 9.17) is 4.74 Å². The van der Waals surface area contributed by atoms with E-state index in [1.165, 1.54) is 5.56 Å². The largest absolute Gasteiger partial charge is 0.372 e. The Morgan fingerprint density at radius 1 is 1.30 bits per heavy atom. The van der Waals surface area contributed by atoms with Gasteiger partial charge in [-0.2, -0.15) is 5.10 Å². The van der Waals surface area contributed by atoms with Crippen LogP contribution in [0, 0.1) is 6.92 Å². The van der Waals surface area contributed by atoms with Gasteiger partial charge in [0.1, 0.15) is 0 Å². The van der Waals surface area contributed by atoms with Gasteiger partial charge in [0, 0.05) is 25.3 Å². The number of hydrogen-bond acceptors (Lipinski definition) is 4. The minimum absolute atomic E-state index is 0.169. The van der Waals surface area contributed by atoms with Crippen LogP contribution in [0.1, 0.15) is 31.5 Å². The maximum Gasteiger partial charge on any atom is 0.319 e. The number of urea groups is 1. The average Bonchev–Trinajstić information content (AvgIpc) is 3.03. The lowest BCUT2D eigenvalue weighted by molar-refractivity contribution is -0.00517. The summed E-state index contributed by atoms with van der Waals surface area (Å²) >= 11 is 0. The number of nitrogens with zero attached hydrogens (tertiary/aromatic N) is 2. The smallest absolute Gasteiger partial charge is 0.319 e. The number of morpholine rings is 1. The van der Waals surface area contributed by atoms with Gasteiger partial charge in [-0.1, -0.05) is 12.1 Å². The first-order valence-corrected chi connectivity index (χ1v) is 9.56. The predicted molar refractivity (Wildman–Crippen MR) is 107 cm³/mol. The van der Waals surface area contributed by atoms with Crippen LogP contribution in [0.25, 0.3) is 0 Å². The van der Waals surface area contributed by atoms with Crippen LogP contribution in [-0.2, 0) is 11.2 Å². The predicted octanol–water partition coefficient (Wildman–Crippen LogP) is 3.09. The first-order valence-electron chi connectivity index (χ1n) is 9.56. The Labute approximate surface area is 160 Å². The van der Waals surface area contributed by atoms with Crippen LogP contribution in [0.2, 0.25) is 0 Å². The number of aromatic amines is 1. The molecule has 7 nitrogen and oxygen atoms in total. The minimum atomic E-state index is -0.180. The van der Waals surface area contributed by atoms with E-state index in [-0.39, 0.29) is 18.2 Å². The minimum Gasteiger partial charge on any atom is -0.372 e. The molecule has 1 aromatic heterocycles. The zero-order chi connectivity index (χ0) is 19.2. The van der Waals surface area contributed by atoms with Crippen molar-refractivity contribution in [2.24, 2.45) is 0 Å². The Bertz CT molecular complexity index is 750.